The number of carbonyl (C=O) groups excluding carboxylic acids is 1. The van der Waals surface area contributed by atoms with Gasteiger partial charge in [0.15, 0.2) is 0 Å². The Balaban J connectivity index is 2.56. The molecule has 0 aliphatic carbocycles. The second-order valence-corrected chi connectivity index (χ2v) is 4.30. The minimum absolute atomic E-state index is 0.0643. The number of aliphatic hydroxyl groups is 1. The highest BCUT2D eigenvalue weighted by atomic mass is 16.5. The van der Waals surface area contributed by atoms with Crippen LogP contribution in [0.25, 0.3) is 0 Å². The highest BCUT2D eigenvalue weighted by Crippen LogP contribution is 2.19. The molecule has 7 heteroatoms. The molecule has 1 aliphatic heterocycles. The summed E-state index contributed by atoms with van der Waals surface area (Å²) in [6, 6.07) is -1.33. The van der Waals surface area contributed by atoms with Crippen molar-refractivity contribution in [2.24, 2.45) is 0 Å². The smallest absolute Gasteiger partial charge is 0.326 e. The molecule has 2 atom stereocenters. The molecular weight excluding hydrogens is 240 g/mol. The lowest BCUT2D eigenvalue weighted by Crippen LogP contribution is -2.47. The van der Waals surface area contributed by atoms with Crippen LogP contribution < -0.4 is 0 Å². The summed E-state index contributed by atoms with van der Waals surface area (Å²) in [5.74, 6) is -1.09. The fourth-order valence-electron chi connectivity index (χ4n) is 1.92. The molecule has 0 bridgehead atoms. The van der Waals surface area contributed by atoms with Gasteiger partial charge in [-0.1, -0.05) is 0 Å². The van der Waals surface area contributed by atoms with E-state index in [4.69, 9.17) is 9.84 Å². The number of likely N-dealkylation sites (tertiary alicyclic amines) is 1. The standard InChI is InChI=1S/C11H20N2O5/c1-3-18-5-4-12(2)11(17)13-7-8(14)6-9(13)10(15)16/h8-9,14H,3-7H2,1-2H3,(H,15,16). The maximum Gasteiger partial charge on any atom is 0.326 e. The first-order valence-electron chi connectivity index (χ1n) is 5.97. The van der Waals surface area contributed by atoms with Gasteiger partial charge >= 0.3 is 12.0 Å². The molecule has 0 aromatic carbocycles. The zero-order chi connectivity index (χ0) is 13.7. The van der Waals surface area contributed by atoms with Crippen molar-refractivity contribution >= 4 is 12.0 Å². The third kappa shape index (κ3) is 3.58. The Morgan fingerprint density at radius 2 is 2.17 bits per heavy atom. The number of β-amino-alcohol motifs (C(OH)–C–C–N with tert-alkyl or cyclic N) is 1. The van der Waals surface area contributed by atoms with Crippen molar-refractivity contribution in [3.8, 4) is 0 Å². The molecule has 0 aromatic heterocycles. The fraction of sp³-hybridized carbons (Fsp3) is 0.818. The molecular formula is C11H20N2O5. The summed E-state index contributed by atoms with van der Waals surface area (Å²) in [6.45, 7) is 3.30. The number of carbonyl (C=O) groups is 2. The highest BCUT2D eigenvalue weighted by molar-refractivity contribution is 5.83. The van der Waals surface area contributed by atoms with E-state index in [2.05, 4.69) is 0 Å². The molecule has 2 unspecified atom stereocenters. The number of hydrogen-bond donors (Lipinski definition) is 2. The van der Waals surface area contributed by atoms with Crippen molar-refractivity contribution in [3.63, 3.8) is 0 Å². The zero-order valence-corrected chi connectivity index (χ0v) is 10.7. The van der Waals surface area contributed by atoms with Crippen molar-refractivity contribution < 1.29 is 24.5 Å². The summed E-state index contributed by atoms with van der Waals surface area (Å²) in [4.78, 5) is 25.6. The van der Waals surface area contributed by atoms with E-state index in [-0.39, 0.29) is 13.0 Å². The van der Waals surface area contributed by atoms with Crippen LogP contribution in [0.1, 0.15) is 13.3 Å². The number of ether oxygens (including phenoxy) is 1. The number of amides is 2. The molecule has 0 aromatic rings. The Hall–Kier alpha value is -1.34. The SMILES string of the molecule is CCOCCN(C)C(=O)N1CC(O)CC1C(=O)O. The largest absolute Gasteiger partial charge is 0.480 e. The lowest BCUT2D eigenvalue weighted by atomic mass is 10.2. The van der Waals surface area contributed by atoms with Crippen molar-refractivity contribution in [3.05, 3.63) is 0 Å². The topological polar surface area (TPSA) is 90.3 Å². The molecule has 0 radical (unpaired) electrons. The van der Waals surface area contributed by atoms with E-state index in [9.17, 15) is 14.7 Å². The minimum atomic E-state index is -1.09. The third-order valence-corrected chi connectivity index (χ3v) is 2.91. The van der Waals surface area contributed by atoms with Crippen LogP contribution in [0.15, 0.2) is 0 Å². The Bertz CT molecular complexity index is 310. The number of likely N-dealkylation sites (N-methyl/N-ethyl adjacent to an activating group) is 1. The van der Waals surface area contributed by atoms with E-state index >= 15 is 0 Å². The first kappa shape index (κ1) is 14.7. The molecule has 0 spiro atoms. The molecule has 7 nitrogen and oxygen atoms in total. The Kier molecular flexibility index (Phi) is 5.36. The average Bonchev–Trinajstić information content (AvgIpc) is 2.70. The number of carboxylic acids is 1. The van der Waals surface area contributed by atoms with Crippen LogP contribution in [0, 0.1) is 0 Å². The summed E-state index contributed by atoms with van der Waals surface area (Å²) in [6.07, 6.45) is -0.684. The third-order valence-electron chi connectivity index (χ3n) is 2.91. The Labute approximate surface area is 106 Å². The van der Waals surface area contributed by atoms with Gasteiger partial charge in [0.05, 0.1) is 12.7 Å². The van der Waals surface area contributed by atoms with E-state index in [1.165, 1.54) is 9.80 Å². The van der Waals surface area contributed by atoms with Gasteiger partial charge in [0.25, 0.3) is 0 Å². The monoisotopic (exact) mass is 260 g/mol. The Morgan fingerprint density at radius 3 is 2.72 bits per heavy atom. The maximum atomic E-state index is 12.0. The number of aliphatic carboxylic acids is 1. The molecule has 2 amide bonds. The van der Waals surface area contributed by atoms with Gasteiger partial charge in [-0.15, -0.1) is 0 Å². The molecule has 1 aliphatic rings. The molecule has 1 fully saturated rings. The van der Waals surface area contributed by atoms with Gasteiger partial charge in [0, 0.05) is 33.2 Å². The lowest BCUT2D eigenvalue weighted by Gasteiger charge is -2.27. The molecule has 1 rings (SSSR count). The average molecular weight is 260 g/mol. The van der Waals surface area contributed by atoms with Gasteiger partial charge in [-0.05, 0) is 6.92 Å². The van der Waals surface area contributed by atoms with E-state index in [0.29, 0.717) is 19.8 Å². The van der Waals surface area contributed by atoms with Crippen LogP contribution in [0.3, 0.4) is 0 Å². The van der Waals surface area contributed by atoms with Crippen molar-refractivity contribution in [1.29, 1.82) is 0 Å². The molecule has 0 saturated carbocycles. The second kappa shape index (κ2) is 6.55. The zero-order valence-electron chi connectivity index (χ0n) is 10.7. The molecule has 1 saturated heterocycles. The number of rotatable bonds is 5. The number of carboxylic acid groups (broad SMARTS) is 1. The summed E-state index contributed by atoms with van der Waals surface area (Å²) >= 11 is 0. The van der Waals surface area contributed by atoms with Crippen LogP contribution >= 0.6 is 0 Å². The summed E-state index contributed by atoms with van der Waals surface area (Å²) in [5, 5.41) is 18.5. The first-order chi connectivity index (χ1) is 8.47. The minimum Gasteiger partial charge on any atom is -0.480 e. The van der Waals surface area contributed by atoms with E-state index in [1.54, 1.807) is 7.05 Å². The van der Waals surface area contributed by atoms with E-state index < -0.39 is 24.1 Å². The Morgan fingerprint density at radius 1 is 1.50 bits per heavy atom. The van der Waals surface area contributed by atoms with Gasteiger partial charge in [-0.2, -0.15) is 0 Å². The van der Waals surface area contributed by atoms with Gasteiger partial charge < -0.3 is 24.7 Å². The molecule has 104 valence electrons. The highest BCUT2D eigenvalue weighted by Gasteiger charge is 2.39. The van der Waals surface area contributed by atoms with Crippen LogP contribution in [-0.4, -0.2) is 77.5 Å². The van der Waals surface area contributed by atoms with Gasteiger partial charge in [-0.3, -0.25) is 0 Å². The quantitative estimate of drug-likeness (QED) is 0.656. The van der Waals surface area contributed by atoms with Crippen LogP contribution in [0.2, 0.25) is 0 Å². The summed E-state index contributed by atoms with van der Waals surface area (Å²) < 4.78 is 5.13. The molecule has 18 heavy (non-hydrogen) atoms. The first-order valence-corrected chi connectivity index (χ1v) is 5.97. The van der Waals surface area contributed by atoms with Gasteiger partial charge in [-0.25, -0.2) is 9.59 Å². The summed E-state index contributed by atoms with van der Waals surface area (Å²) in [5.41, 5.74) is 0. The number of aliphatic hydroxyl groups excluding tert-OH is 1. The maximum absolute atomic E-state index is 12.0. The van der Waals surface area contributed by atoms with Crippen LogP contribution in [0.4, 0.5) is 4.79 Å². The number of urea groups is 1. The van der Waals surface area contributed by atoms with E-state index in [1.807, 2.05) is 6.92 Å². The molecule has 2 N–H and O–H groups in total. The van der Waals surface area contributed by atoms with Gasteiger partial charge in [0.2, 0.25) is 0 Å². The van der Waals surface area contributed by atoms with Crippen molar-refractivity contribution in [2.75, 3.05) is 33.4 Å². The normalized spacial score (nSPS) is 23.2. The number of hydrogen-bond acceptors (Lipinski definition) is 4. The second-order valence-electron chi connectivity index (χ2n) is 4.30. The predicted octanol–water partition coefficient (Wildman–Crippen LogP) is -0.405. The van der Waals surface area contributed by atoms with Crippen LogP contribution in [0.5, 0.6) is 0 Å². The van der Waals surface area contributed by atoms with Crippen molar-refractivity contribution in [1.82, 2.24) is 9.80 Å². The summed E-state index contributed by atoms with van der Waals surface area (Å²) in [7, 11) is 1.59. The van der Waals surface area contributed by atoms with Crippen molar-refractivity contribution in [2.45, 2.75) is 25.5 Å². The predicted molar refractivity (Wildman–Crippen MR) is 63.3 cm³/mol. The number of nitrogens with zero attached hydrogens (tertiary/aromatic N) is 2. The van der Waals surface area contributed by atoms with Gasteiger partial charge in [0.1, 0.15) is 6.04 Å². The fourth-order valence-corrected chi connectivity index (χ4v) is 1.92. The van der Waals surface area contributed by atoms with E-state index in [0.717, 1.165) is 0 Å². The lowest BCUT2D eigenvalue weighted by molar-refractivity contribution is -0.141. The molecule has 1 heterocycles. The van der Waals surface area contributed by atoms with Crippen LogP contribution in [-0.2, 0) is 9.53 Å².